The number of Topliss-reactive ketones (excluding diaryl/α,β-unsaturated/α-hetero) is 1. The molecule has 4 aliphatic carbocycles. The minimum Gasteiger partial charge on any atom is -0.458 e. The van der Waals surface area contributed by atoms with E-state index >= 15 is 0 Å². The highest BCUT2D eigenvalue weighted by Gasteiger charge is 2.72. The van der Waals surface area contributed by atoms with Crippen molar-refractivity contribution in [3.63, 3.8) is 0 Å². The van der Waals surface area contributed by atoms with Crippen molar-refractivity contribution >= 4 is 40.7 Å². The van der Waals surface area contributed by atoms with Crippen LogP contribution in [0.3, 0.4) is 0 Å². The molecule has 4 aliphatic rings. The van der Waals surface area contributed by atoms with E-state index < -0.39 is 45.0 Å². The minimum atomic E-state index is -1.60. The molecule has 0 spiro atoms. The quantitative estimate of drug-likeness (QED) is 0.518. The van der Waals surface area contributed by atoms with E-state index in [2.05, 4.69) is 0 Å². The van der Waals surface area contributed by atoms with Gasteiger partial charge in [-0.1, -0.05) is 25.5 Å². The van der Waals surface area contributed by atoms with Gasteiger partial charge < -0.3 is 9.84 Å². The van der Waals surface area contributed by atoms with E-state index in [-0.39, 0.29) is 17.6 Å². The number of esters is 1. The number of hydrogen-bond acceptors (Lipinski definition) is 5. The average molecular weight is 455 g/mol. The molecule has 7 heteroatoms. The monoisotopic (exact) mass is 454 g/mol. The summed E-state index contributed by atoms with van der Waals surface area (Å²) in [5.74, 6) is -1.07. The summed E-state index contributed by atoms with van der Waals surface area (Å²) >= 11 is 14.4. The van der Waals surface area contributed by atoms with Gasteiger partial charge in [0.2, 0.25) is 5.78 Å². The third kappa shape index (κ3) is 2.67. The first-order chi connectivity index (χ1) is 13.9. The van der Waals surface area contributed by atoms with E-state index in [4.69, 9.17) is 27.9 Å². The first kappa shape index (κ1) is 22.0. The van der Waals surface area contributed by atoms with Gasteiger partial charge in [-0.05, 0) is 56.1 Å². The van der Waals surface area contributed by atoms with Crippen molar-refractivity contribution in [2.45, 2.75) is 68.7 Å². The smallest absolute Gasteiger partial charge is 0.303 e. The minimum absolute atomic E-state index is 0.000631. The van der Waals surface area contributed by atoms with E-state index in [9.17, 15) is 19.5 Å². The van der Waals surface area contributed by atoms with E-state index in [1.807, 2.05) is 19.9 Å². The molecule has 3 fully saturated rings. The molecular formula is C23H28Cl2O5. The number of fused-ring (bicyclic) bond motifs is 5. The van der Waals surface area contributed by atoms with Gasteiger partial charge in [0.25, 0.3) is 0 Å². The lowest BCUT2D eigenvalue weighted by Crippen LogP contribution is -2.67. The molecule has 0 heterocycles. The Balaban J connectivity index is 1.72. The number of ketones is 2. The predicted molar refractivity (Wildman–Crippen MR) is 113 cm³/mol. The summed E-state index contributed by atoms with van der Waals surface area (Å²) in [5, 5.41) is 11.0. The van der Waals surface area contributed by atoms with Crippen LogP contribution in [0.25, 0.3) is 0 Å². The summed E-state index contributed by atoms with van der Waals surface area (Å²) in [6.07, 6.45) is 7.97. The lowest BCUT2D eigenvalue weighted by molar-refractivity contribution is -0.167. The molecule has 0 aromatic heterocycles. The molecule has 0 amide bonds. The fourth-order valence-electron chi connectivity index (χ4n) is 6.89. The summed E-state index contributed by atoms with van der Waals surface area (Å²) in [4.78, 5) is 35.3. The number of allylic oxidation sites excluding steroid dienone is 4. The molecule has 0 radical (unpaired) electrons. The van der Waals surface area contributed by atoms with Crippen molar-refractivity contribution < 1.29 is 24.2 Å². The number of carbonyl (C=O) groups is 3. The number of rotatable bonds is 3. The maximum absolute atomic E-state index is 12.9. The molecule has 3 saturated carbocycles. The molecule has 1 N–H and O–H groups in total. The number of hydrogen-bond donors (Lipinski definition) is 1. The molecule has 164 valence electrons. The van der Waals surface area contributed by atoms with E-state index in [0.29, 0.717) is 19.3 Å². The first-order valence-corrected chi connectivity index (χ1v) is 11.4. The largest absolute Gasteiger partial charge is 0.458 e. The van der Waals surface area contributed by atoms with E-state index in [1.54, 1.807) is 12.2 Å². The van der Waals surface area contributed by atoms with Crippen molar-refractivity contribution in [2.24, 2.45) is 22.7 Å². The second-order valence-corrected chi connectivity index (χ2v) is 11.0. The average Bonchev–Trinajstić information content (AvgIpc) is 2.94. The zero-order valence-electron chi connectivity index (χ0n) is 17.5. The van der Waals surface area contributed by atoms with Crippen molar-refractivity contribution in [1.29, 1.82) is 0 Å². The second kappa shape index (κ2) is 6.91. The highest BCUT2D eigenvalue weighted by molar-refractivity contribution is 6.34. The van der Waals surface area contributed by atoms with Crippen molar-refractivity contribution in [3.05, 3.63) is 23.8 Å². The van der Waals surface area contributed by atoms with Crippen LogP contribution in [0.15, 0.2) is 23.8 Å². The maximum Gasteiger partial charge on any atom is 0.303 e. The summed E-state index contributed by atoms with van der Waals surface area (Å²) < 4.78 is 4.90. The fourth-order valence-corrected chi connectivity index (χ4v) is 8.13. The molecule has 5 nitrogen and oxygen atoms in total. The fraction of sp³-hybridized carbons (Fsp3) is 0.696. The second-order valence-electron chi connectivity index (χ2n) is 9.82. The molecule has 0 bridgehead atoms. The highest BCUT2D eigenvalue weighted by atomic mass is 35.5. The molecule has 7 atom stereocenters. The number of ether oxygens (including phenoxy) is 1. The van der Waals surface area contributed by atoms with Crippen LogP contribution >= 0.6 is 23.2 Å². The first-order valence-electron chi connectivity index (χ1n) is 10.6. The van der Waals surface area contributed by atoms with Gasteiger partial charge in [0.1, 0.15) is 5.60 Å². The Bertz CT molecular complexity index is 881. The van der Waals surface area contributed by atoms with Gasteiger partial charge in [-0.3, -0.25) is 14.4 Å². The van der Waals surface area contributed by atoms with Gasteiger partial charge in [0.05, 0.1) is 10.3 Å². The molecule has 0 aromatic rings. The van der Waals surface area contributed by atoms with Crippen LogP contribution < -0.4 is 0 Å². The SMILES string of the molecule is CC(=O)OCC(=O)[C@]1(O)CC[C@@H]2[C@H]3CCC4=CC(=O)C=C[C@]4(C)[C@]3(Cl)[C@@H](Cl)C[C@@]21C. The Morgan fingerprint density at radius 2 is 1.97 bits per heavy atom. The molecule has 0 saturated heterocycles. The lowest BCUT2D eigenvalue weighted by atomic mass is 9.46. The number of carbonyl (C=O) groups excluding carboxylic acids is 3. The highest BCUT2D eigenvalue weighted by Crippen LogP contribution is 2.71. The third-order valence-electron chi connectivity index (χ3n) is 8.62. The van der Waals surface area contributed by atoms with Gasteiger partial charge in [0, 0.05) is 17.8 Å². The van der Waals surface area contributed by atoms with E-state index in [0.717, 1.165) is 18.4 Å². The van der Waals surface area contributed by atoms with Crippen molar-refractivity contribution in [3.8, 4) is 0 Å². The van der Waals surface area contributed by atoms with Crippen LogP contribution in [0.4, 0.5) is 0 Å². The maximum atomic E-state index is 12.9. The van der Waals surface area contributed by atoms with Gasteiger partial charge in [-0.15, -0.1) is 23.2 Å². The number of halogens is 2. The van der Waals surface area contributed by atoms with Gasteiger partial charge in [-0.25, -0.2) is 0 Å². The van der Waals surface area contributed by atoms with Crippen LogP contribution in [0, 0.1) is 22.7 Å². The zero-order valence-corrected chi connectivity index (χ0v) is 19.1. The van der Waals surface area contributed by atoms with Crippen LogP contribution in [0.5, 0.6) is 0 Å². The third-order valence-corrected chi connectivity index (χ3v) is 10.2. The molecule has 30 heavy (non-hydrogen) atoms. The lowest BCUT2D eigenvalue weighted by Gasteiger charge is -2.63. The Morgan fingerprint density at radius 1 is 1.27 bits per heavy atom. The summed E-state index contributed by atoms with van der Waals surface area (Å²) in [7, 11) is 0. The molecule has 0 aliphatic heterocycles. The Hall–Kier alpha value is -1.17. The summed E-state index contributed by atoms with van der Waals surface area (Å²) in [6, 6.07) is 0. The number of alkyl halides is 2. The zero-order chi connectivity index (χ0) is 22.1. The normalized spacial score (nSPS) is 47.1. The van der Waals surface area contributed by atoms with Crippen LogP contribution in [0.2, 0.25) is 0 Å². The van der Waals surface area contributed by atoms with Gasteiger partial charge >= 0.3 is 5.97 Å². The van der Waals surface area contributed by atoms with Crippen molar-refractivity contribution in [1.82, 2.24) is 0 Å². The Labute approximate surface area is 186 Å². The predicted octanol–water partition coefficient (Wildman–Crippen LogP) is 3.74. The van der Waals surface area contributed by atoms with Gasteiger partial charge in [0.15, 0.2) is 12.4 Å². The Kier molecular flexibility index (Phi) is 5.08. The molecule has 4 rings (SSSR count). The Morgan fingerprint density at radius 3 is 2.63 bits per heavy atom. The van der Waals surface area contributed by atoms with Crippen LogP contribution in [-0.2, 0) is 19.1 Å². The topological polar surface area (TPSA) is 80.7 Å². The van der Waals surface area contributed by atoms with Crippen LogP contribution in [0.1, 0.15) is 52.9 Å². The van der Waals surface area contributed by atoms with Crippen LogP contribution in [-0.4, -0.2) is 45.1 Å². The summed E-state index contributed by atoms with van der Waals surface area (Å²) in [5.41, 5.74) is -1.91. The van der Waals surface area contributed by atoms with E-state index in [1.165, 1.54) is 6.92 Å². The standard InChI is InChI=1S/C23H28Cl2O5/c1-13(26)30-12-19(28)22(29)9-7-16-17-5-4-14-10-15(27)6-8-20(14,2)23(17,25)18(24)11-21(16,22)3/h6,8,10,16-18,29H,4-5,7,9,11-12H2,1-3H3/t16-,17-,18+,20+,21+,22-,23-/m1/s1. The molecular weight excluding hydrogens is 427 g/mol. The van der Waals surface area contributed by atoms with Gasteiger partial charge in [-0.2, -0.15) is 0 Å². The van der Waals surface area contributed by atoms with Crippen molar-refractivity contribution in [2.75, 3.05) is 6.61 Å². The molecule has 0 unspecified atom stereocenters. The number of aliphatic hydroxyl groups is 1. The summed E-state index contributed by atoms with van der Waals surface area (Å²) in [6.45, 7) is 4.78. The molecule has 0 aromatic carbocycles.